The smallest absolute Gasteiger partial charge is 0.296 e. The van der Waals surface area contributed by atoms with Crippen molar-refractivity contribution in [3.8, 4) is 0 Å². The predicted octanol–water partition coefficient (Wildman–Crippen LogP) is 3.87. The molecule has 2 heterocycles. The number of para-hydroxylation sites is 2. The average molecular weight is 339 g/mol. The molecule has 1 aromatic heterocycles. The summed E-state index contributed by atoms with van der Waals surface area (Å²) in [5.74, 6) is -0.317. The zero-order valence-electron chi connectivity index (χ0n) is 13.8. The molecule has 1 aliphatic rings. The van der Waals surface area contributed by atoms with Gasteiger partial charge in [-0.1, -0.05) is 18.2 Å². The summed E-state index contributed by atoms with van der Waals surface area (Å²) in [6, 6.07) is 12.6. The summed E-state index contributed by atoms with van der Waals surface area (Å²) >= 11 is 0. The number of hydrogen-bond donors (Lipinski definition) is 1. The Balaban J connectivity index is 1.68. The summed E-state index contributed by atoms with van der Waals surface area (Å²) in [5.41, 5.74) is 3.26. The molecule has 0 spiro atoms. The van der Waals surface area contributed by atoms with Gasteiger partial charge < -0.3 is 14.6 Å². The molecule has 1 N–H and O–H groups in total. The van der Waals surface area contributed by atoms with Gasteiger partial charge in [0.1, 0.15) is 11.3 Å². The van der Waals surface area contributed by atoms with Gasteiger partial charge in [-0.25, -0.2) is 4.39 Å². The molecule has 0 bridgehead atoms. The van der Waals surface area contributed by atoms with Crippen molar-refractivity contribution in [1.29, 1.82) is 0 Å². The number of halogens is 1. The highest BCUT2D eigenvalue weighted by atomic mass is 19.1. The van der Waals surface area contributed by atoms with Gasteiger partial charge in [0.25, 0.3) is 6.01 Å². The molecule has 1 unspecified atom stereocenters. The first-order chi connectivity index (χ1) is 12.1. The summed E-state index contributed by atoms with van der Waals surface area (Å²) in [7, 11) is 0. The van der Waals surface area contributed by atoms with Gasteiger partial charge in [0.15, 0.2) is 5.58 Å². The molecule has 5 nitrogen and oxygen atoms in total. The van der Waals surface area contributed by atoms with Crippen LogP contribution in [0.3, 0.4) is 0 Å². The first kappa shape index (κ1) is 15.6. The van der Waals surface area contributed by atoms with Gasteiger partial charge in [-0.2, -0.15) is 4.98 Å². The van der Waals surface area contributed by atoms with E-state index in [1.165, 1.54) is 19.1 Å². The van der Waals surface area contributed by atoms with Gasteiger partial charge in [-0.15, -0.1) is 0 Å². The summed E-state index contributed by atoms with van der Waals surface area (Å²) in [5, 5.41) is 3.31. The molecular formula is C19H18FN3O2. The Kier molecular flexibility index (Phi) is 3.87. The van der Waals surface area contributed by atoms with E-state index in [0.717, 1.165) is 16.6 Å². The highest BCUT2D eigenvalue weighted by Crippen LogP contribution is 2.31. The summed E-state index contributed by atoms with van der Waals surface area (Å²) in [6.07, 6.45) is 0.691. The second-order valence-electron chi connectivity index (χ2n) is 6.26. The molecule has 25 heavy (non-hydrogen) atoms. The Morgan fingerprint density at radius 2 is 2.16 bits per heavy atom. The van der Waals surface area contributed by atoms with E-state index in [-0.39, 0.29) is 17.8 Å². The number of aromatic nitrogens is 1. The minimum atomic E-state index is -0.301. The molecule has 2 aromatic carbocycles. The van der Waals surface area contributed by atoms with Gasteiger partial charge in [0.2, 0.25) is 5.91 Å². The van der Waals surface area contributed by atoms with Crippen LogP contribution in [-0.4, -0.2) is 22.3 Å². The third-order valence-electron chi connectivity index (χ3n) is 4.57. The lowest BCUT2D eigenvalue weighted by Crippen LogP contribution is -2.28. The molecule has 0 saturated carbocycles. The largest absolute Gasteiger partial charge is 0.424 e. The fraction of sp³-hybridized carbons (Fsp3) is 0.263. The summed E-state index contributed by atoms with van der Waals surface area (Å²) in [4.78, 5) is 18.0. The standard InChI is InChI=1S/C19H18FN3O2/c1-12(24)23-9-8-16(15-7-6-14(20)10-13(15)11-23)21-19-22-17-4-2-3-5-18(17)25-19/h2-7,10,16H,8-9,11H2,1H3,(H,21,22). The minimum absolute atomic E-state index is 0.0160. The van der Waals surface area contributed by atoms with Crippen LogP contribution in [0.4, 0.5) is 10.4 Å². The van der Waals surface area contributed by atoms with Crippen molar-refractivity contribution in [2.45, 2.75) is 25.9 Å². The van der Waals surface area contributed by atoms with E-state index >= 15 is 0 Å². The van der Waals surface area contributed by atoms with Crippen molar-refractivity contribution >= 4 is 23.0 Å². The van der Waals surface area contributed by atoms with Crippen LogP contribution in [-0.2, 0) is 11.3 Å². The van der Waals surface area contributed by atoms with Gasteiger partial charge in [-0.3, -0.25) is 4.79 Å². The third-order valence-corrected chi connectivity index (χ3v) is 4.57. The SMILES string of the molecule is CC(=O)N1CCC(Nc2nc3ccccc3o2)c2ccc(F)cc2C1. The number of carbonyl (C=O) groups excluding carboxylic acids is 1. The molecular weight excluding hydrogens is 321 g/mol. The van der Waals surface area contributed by atoms with Crippen molar-refractivity contribution in [3.05, 3.63) is 59.4 Å². The monoisotopic (exact) mass is 339 g/mol. The van der Waals surface area contributed by atoms with Crippen LogP contribution >= 0.6 is 0 Å². The van der Waals surface area contributed by atoms with Crippen LogP contribution in [0.25, 0.3) is 11.1 Å². The van der Waals surface area contributed by atoms with E-state index in [0.29, 0.717) is 31.1 Å². The maximum atomic E-state index is 13.7. The number of hydrogen-bond acceptors (Lipinski definition) is 4. The van der Waals surface area contributed by atoms with Crippen LogP contribution in [0.1, 0.15) is 30.5 Å². The lowest BCUT2D eigenvalue weighted by Gasteiger charge is -2.18. The van der Waals surface area contributed by atoms with Crippen LogP contribution in [0.2, 0.25) is 0 Å². The first-order valence-electron chi connectivity index (χ1n) is 8.26. The van der Waals surface area contributed by atoms with Gasteiger partial charge >= 0.3 is 0 Å². The summed E-state index contributed by atoms with van der Waals surface area (Å²) < 4.78 is 19.4. The zero-order chi connectivity index (χ0) is 17.4. The summed E-state index contributed by atoms with van der Waals surface area (Å²) in [6.45, 7) is 2.53. The fourth-order valence-electron chi connectivity index (χ4n) is 3.28. The predicted molar refractivity (Wildman–Crippen MR) is 92.5 cm³/mol. The number of amides is 1. The van der Waals surface area contributed by atoms with Crippen LogP contribution in [0.15, 0.2) is 46.9 Å². The molecule has 0 fully saturated rings. The van der Waals surface area contributed by atoms with Gasteiger partial charge in [-0.05, 0) is 41.8 Å². The highest BCUT2D eigenvalue weighted by Gasteiger charge is 2.25. The van der Waals surface area contributed by atoms with Crippen LogP contribution in [0.5, 0.6) is 0 Å². The van der Waals surface area contributed by atoms with Crippen molar-refractivity contribution in [2.24, 2.45) is 0 Å². The quantitative estimate of drug-likeness (QED) is 0.770. The van der Waals surface area contributed by atoms with Crippen molar-refractivity contribution < 1.29 is 13.6 Å². The number of fused-ring (bicyclic) bond motifs is 2. The van der Waals surface area contributed by atoms with Gasteiger partial charge in [0.05, 0.1) is 6.04 Å². The van der Waals surface area contributed by atoms with E-state index in [4.69, 9.17) is 4.42 Å². The van der Waals surface area contributed by atoms with Crippen molar-refractivity contribution in [2.75, 3.05) is 11.9 Å². The number of rotatable bonds is 2. The Labute approximate surface area is 144 Å². The average Bonchev–Trinajstić information content (AvgIpc) is 2.90. The molecule has 4 rings (SSSR count). The Morgan fingerprint density at radius 1 is 1.32 bits per heavy atom. The molecule has 1 atom stereocenters. The van der Waals surface area contributed by atoms with Gasteiger partial charge in [0, 0.05) is 20.0 Å². The molecule has 0 radical (unpaired) electrons. The van der Waals surface area contributed by atoms with E-state index in [1.54, 1.807) is 11.0 Å². The van der Waals surface area contributed by atoms with Crippen molar-refractivity contribution in [1.82, 2.24) is 9.88 Å². The Hall–Kier alpha value is -2.89. The lowest BCUT2D eigenvalue weighted by molar-refractivity contribution is -0.129. The van der Waals surface area contributed by atoms with Crippen LogP contribution in [0, 0.1) is 5.82 Å². The number of nitrogens with zero attached hydrogens (tertiary/aromatic N) is 2. The number of anilines is 1. The molecule has 1 amide bonds. The molecule has 3 aromatic rings. The molecule has 6 heteroatoms. The zero-order valence-corrected chi connectivity index (χ0v) is 13.8. The van der Waals surface area contributed by atoms with E-state index in [2.05, 4.69) is 10.3 Å². The number of carbonyl (C=O) groups is 1. The Bertz CT molecular complexity index is 904. The second-order valence-corrected chi connectivity index (χ2v) is 6.26. The normalized spacial score (nSPS) is 17.2. The highest BCUT2D eigenvalue weighted by molar-refractivity contribution is 5.74. The molecule has 1 aliphatic heterocycles. The minimum Gasteiger partial charge on any atom is -0.424 e. The lowest BCUT2D eigenvalue weighted by atomic mass is 9.99. The maximum absolute atomic E-state index is 13.7. The second kappa shape index (κ2) is 6.20. The van der Waals surface area contributed by atoms with E-state index in [1.807, 2.05) is 24.3 Å². The van der Waals surface area contributed by atoms with Crippen molar-refractivity contribution in [3.63, 3.8) is 0 Å². The fourth-order valence-corrected chi connectivity index (χ4v) is 3.28. The van der Waals surface area contributed by atoms with E-state index < -0.39 is 0 Å². The number of benzene rings is 2. The first-order valence-corrected chi connectivity index (χ1v) is 8.26. The third kappa shape index (κ3) is 3.07. The number of oxazole rings is 1. The number of nitrogens with one attached hydrogen (secondary N) is 1. The topological polar surface area (TPSA) is 58.4 Å². The Morgan fingerprint density at radius 3 is 2.96 bits per heavy atom. The van der Waals surface area contributed by atoms with E-state index in [9.17, 15) is 9.18 Å². The van der Waals surface area contributed by atoms with Crippen LogP contribution < -0.4 is 5.32 Å². The molecule has 128 valence electrons. The maximum Gasteiger partial charge on any atom is 0.296 e. The molecule has 0 saturated heterocycles. The molecule has 0 aliphatic carbocycles.